The van der Waals surface area contributed by atoms with Crippen LogP contribution in [0.25, 0.3) is 11.3 Å². The Hall–Kier alpha value is -2.96. The van der Waals surface area contributed by atoms with Gasteiger partial charge in [-0.25, -0.2) is 0 Å². The molecule has 26 heavy (non-hydrogen) atoms. The number of aromatic nitrogens is 5. The highest BCUT2D eigenvalue weighted by Crippen LogP contribution is 2.29. The van der Waals surface area contributed by atoms with Gasteiger partial charge in [-0.1, -0.05) is 0 Å². The minimum Gasteiger partial charge on any atom is -0.339 e. The molecule has 0 atom stereocenters. The zero-order valence-electron chi connectivity index (χ0n) is 15.0. The molecule has 3 aromatic heterocycles. The molecular weight excluding hydrogens is 328 g/mol. The monoisotopic (exact) mass is 350 g/mol. The van der Waals surface area contributed by atoms with E-state index in [-0.39, 0.29) is 5.91 Å². The third-order valence-electron chi connectivity index (χ3n) is 5.08. The van der Waals surface area contributed by atoms with E-state index in [9.17, 15) is 4.79 Å². The van der Waals surface area contributed by atoms with E-state index in [1.54, 1.807) is 17.1 Å². The maximum atomic E-state index is 13.1. The number of rotatable bonds is 3. The van der Waals surface area contributed by atoms with E-state index in [0.29, 0.717) is 17.2 Å². The second-order valence-electron chi connectivity index (χ2n) is 6.75. The first kappa shape index (κ1) is 16.5. The van der Waals surface area contributed by atoms with Crippen molar-refractivity contribution in [2.24, 2.45) is 14.1 Å². The smallest absolute Gasteiger partial charge is 0.256 e. The van der Waals surface area contributed by atoms with Gasteiger partial charge in [0.2, 0.25) is 0 Å². The van der Waals surface area contributed by atoms with Gasteiger partial charge in [-0.15, -0.1) is 0 Å². The summed E-state index contributed by atoms with van der Waals surface area (Å²) < 4.78 is 3.65. The van der Waals surface area contributed by atoms with Crippen molar-refractivity contribution in [3.63, 3.8) is 0 Å². The van der Waals surface area contributed by atoms with Crippen LogP contribution in [0.5, 0.6) is 0 Å². The Morgan fingerprint density at radius 2 is 1.92 bits per heavy atom. The quantitative estimate of drug-likeness (QED) is 0.726. The number of amides is 1. The van der Waals surface area contributed by atoms with Crippen LogP contribution in [-0.4, -0.2) is 48.4 Å². The van der Waals surface area contributed by atoms with Crippen LogP contribution in [0.1, 0.15) is 34.8 Å². The second kappa shape index (κ2) is 6.74. The van der Waals surface area contributed by atoms with Crippen LogP contribution in [-0.2, 0) is 14.1 Å². The van der Waals surface area contributed by atoms with Gasteiger partial charge in [-0.2, -0.15) is 10.2 Å². The minimum absolute atomic E-state index is 0.0420. The molecule has 3 aromatic rings. The third kappa shape index (κ3) is 3.00. The maximum Gasteiger partial charge on any atom is 0.256 e. The number of hydrogen-bond donors (Lipinski definition) is 0. The lowest BCUT2D eigenvalue weighted by Gasteiger charge is -2.32. The molecule has 0 N–H and O–H groups in total. The number of carbonyl (C=O) groups excluding carboxylic acids is 1. The fourth-order valence-corrected chi connectivity index (χ4v) is 3.68. The average Bonchev–Trinajstić information content (AvgIpc) is 3.29. The Kier molecular flexibility index (Phi) is 4.28. The molecule has 1 amide bonds. The molecule has 134 valence electrons. The Morgan fingerprint density at radius 3 is 2.58 bits per heavy atom. The van der Waals surface area contributed by atoms with Crippen molar-refractivity contribution in [2.75, 3.05) is 13.1 Å². The predicted molar refractivity (Wildman–Crippen MR) is 97.5 cm³/mol. The fraction of sp³-hybridized carbons (Fsp3) is 0.368. The number of likely N-dealkylation sites (tertiary alicyclic amines) is 1. The van der Waals surface area contributed by atoms with Crippen LogP contribution in [0.4, 0.5) is 0 Å². The van der Waals surface area contributed by atoms with Crippen molar-refractivity contribution in [1.29, 1.82) is 0 Å². The van der Waals surface area contributed by atoms with E-state index in [1.165, 1.54) is 5.69 Å². The summed E-state index contributed by atoms with van der Waals surface area (Å²) in [7, 11) is 3.83. The summed E-state index contributed by atoms with van der Waals surface area (Å²) in [4.78, 5) is 19.5. The van der Waals surface area contributed by atoms with Crippen LogP contribution >= 0.6 is 0 Å². The first-order valence-electron chi connectivity index (χ1n) is 8.84. The fourth-order valence-electron chi connectivity index (χ4n) is 3.68. The van der Waals surface area contributed by atoms with E-state index in [1.807, 2.05) is 48.2 Å². The molecule has 1 saturated heterocycles. The van der Waals surface area contributed by atoms with E-state index >= 15 is 0 Å². The van der Waals surface area contributed by atoms with Crippen molar-refractivity contribution < 1.29 is 4.79 Å². The number of aryl methyl sites for hydroxylation is 2. The van der Waals surface area contributed by atoms with Gasteiger partial charge in [0.05, 0.1) is 17.5 Å². The van der Waals surface area contributed by atoms with Crippen LogP contribution in [0.2, 0.25) is 0 Å². The summed E-state index contributed by atoms with van der Waals surface area (Å²) in [5, 5.41) is 8.46. The van der Waals surface area contributed by atoms with Gasteiger partial charge in [-0.05, 0) is 31.0 Å². The average molecular weight is 350 g/mol. The standard InChI is InChI=1S/C19H22N6O/c1-23-13-15(12-22-23)18-16(4-3-8-20-18)19(26)25-10-6-14(7-11-25)17-5-9-21-24(17)2/h3-5,8-9,12-14H,6-7,10-11H2,1-2H3. The second-order valence-corrected chi connectivity index (χ2v) is 6.75. The van der Waals surface area contributed by atoms with Crippen molar-refractivity contribution in [1.82, 2.24) is 29.4 Å². The molecule has 0 aliphatic carbocycles. The normalized spacial score (nSPS) is 15.4. The van der Waals surface area contributed by atoms with Crippen LogP contribution in [0.3, 0.4) is 0 Å². The lowest BCUT2D eigenvalue weighted by atomic mass is 9.93. The Balaban J connectivity index is 1.52. The lowest BCUT2D eigenvalue weighted by molar-refractivity contribution is 0.0712. The van der Waals surface area contributed by atoms with Crippen molar-refractivity contribution in [3.8, 4) is 11.3 Å². The summed E-state index contributed by atoms with van der Waals surface area (Å²) in [5.41, 5.74) is 3.44. The van der Waals surface area contributed by atoms with Gasteiger partial charge in [0.15, 0.2) is 0 Å². The third-order valence-corrected chi connectivity index (χ3v) is 5.08. The SMILES string of the molecule is Cn1cc(-c2ncccc2C(=O)N2CCC(c3ccnn3C)CC2)cn1. The molecule has 4 heterocycles. The van der Waals surface area contributed by atoms with Gasteiger partial charge in [0.25, 0.3) is 5.91 Å². The van der Waals surface area contributed by atoms with Gasteiger partial charge >= 0.3 is 0 Å². The highest BCUT2D eigenvalue weighted by Gasteiger charge is 2.27. The number of carbonyl (C=O) groups is 1. The van der Waals surface area contributed by atoms with Gasteiger partial charge in [0.1, 0.15) is 0 Å². The van der Waals surface area contributed by atoms with E-state index in [4.69, 9.17) is 0 Å². The van der Waals surface area contributed by atoms with Gasteiger partial charge in [-0.3, -0.25) is 19.1 Å². The predicted octanol–water partition coefficient (Wildman–Crippen LogP) is 2.24. The van der Waals surface area contributed by atoms with E-state index in [0.717, 1.165) is 31.5 Å². The number of hydrogen-bond acceptors (Lipinski definition) is 4. The van der Waals surface area contributed by atoms with Crippen LogP contribution < -0.4 is 0 Å². The molecule has 1 aliphatic heterocycles. The largest absolute Gasteiger partial charge is 0.339 e. The number of piperidine rings is 1. The van der Waals surface area contributed by atoms with Crippen molar-refractivity contribution in [2.45, 2.75) is 18.8 Å². The van der Waals surface area contributed by atoms with Gasteiger partial charge in [0, 0.05) is 63.0 Å². The first-order chi connectivity index (χ1) is 12.6. The molecule has 4 rings (SSSR count). The minimum atomic E-state index is 0.0420. The molecule has 0 unspecified atom stereocenters. The zero-order valence-corrected chi connectivity index (χ0v) is 15.0. The summed E-state index contributed by atoms with van der Waals surface area (Å²) in [5.74, 6) is 0.499. The van der Waals surface area contributed by atoms with E-state index < -0.39 is 0 Å². The molecule has 0 radical (unpaired) electrons. The highest BCUT2D eigenvalue weighted by atomic mass is 16.2. The van der Waals surface area contributed by atoms with E-state index in [2.05, 4.69) is 21.2 Å². The Bertz CT molecular complexity index is 920. The molecule has 7 heteroatoms. The molecular formula is C19H22N6O. The molecule has 0 spiro atoms. The maximum absolute atomic E-state index is 13.1. The summed E-state index contributed by atoms with van der Waals surface area (Å²) >= 11 is 0. The molecule has 1 aliphatic rings. The number of nitrogens with zero attached hydrogens (tertiary/aromatic N) is 6. The first-order valence-corrected chi connectivity index (χ1v) is 8.84. The Morgan fingerprint density at radius 1 is 1.12 bits per heavy atom. The molecule has 0 bridgehead atoms. The topological polar surface area (TPSA) is 68.8 Å². The summed E-state index contributed by atoms with van der Waals surface area (Å²) in [6.45, 7) is 1.49. The summed E-state index contributed by atoms with van der Waals surface area (Å²) in [6.07, 6.45) is 9.08. The molecule has 7 nitrogen and oxygen atoms in total. The highest BCUT2D eigenvalue weighted by molar-refractivity contribution is 5.99. The Labute approximate surface area is 152 Å². The molecule has 0 aromatic carbocycles. The van der Waals surface area contributed by atoms with Crippen LogP contribution in [0.15, 0.2) is 43.0 Å². The van der Waals surface area contributed by atoms with Crippen molar-refractivity contribution >= 4 is 5.91 Å². The molecule has 1 fully saturated rings. The number of pyridine rings is 1. The van der Waals surface area contributed by atoms with Crippen molar-refractivity contribution in [3.05, 3.63) is 54.2 Å². The van der Waals surface area contributed by atoms with Crippen LogP contribution in [0, 0.1) is 0 Å². The van der Waals surface area contributed by atoms with Gasteiger partial charge < -0.3 is 4.90 Å². The lowest BCUT2D eigenvalue weighted by Crippen LogP contribution is -2.38. The summed E-state index contributed by atoms with van der Waals surface area (Å²) in [6, 6.07) is 5.74. The molecule has 0 saturated carbocycles. The zero-order chi connectivity index (χ0) is 18.1.